The summed E-state index contributed by atoms with van der Waals surface area (Å²) in [6.07, 6.45) is 2.91. The second-order valence-electron chi connectivity index (χ2n) is 3.91. The summed E-state index contributed by atoms with van der Waals surface area (Å²) >= 11 is 0. The van der Waals surface area contributed by atoms with Crippen molar-refractivity contribution in [3.05, 3.63) is 0 Å². The molecular weight excluding hydrogens is 228 g/mol. The summed E-state index contributed by atoms with van der Waals surface area (Å²) in [5.41, 5.74) is 0. The molecule has 16 heavy (non-hydrogen) atoms. The highest BCUT2D eigenvalue weighted by Gasteiger charge is 2.31. The highest BCUT2D eigenvalue weighted by molar-refractivity contribution is 7.89. The Bertz CT molecular complexity index is 348. The first-order valence-electron chi connectivity index (χ1n) is 5.50. The average Bonchev–Trinajstić information content (AvgIpc) is 2.29. The van der Waals surface area contributed by atoms with Gasteiger partial charge in [0.15, 0.2) is 0 Å². The third kappa shape index (κ3) is 3.44. The zero-order valence-electron chi connectivity index (χ0n) is 9.55. The van der Waals surface area contributed by atoms with Gasteiger partial charge in [0.2, 0.25) is 10.0 Å². The van der Waals surface area contributed by atoms with Crippen molar-refractivity contribution >= 4 is 10.0 Å². The van der Waals surface area contributed by atoms with Gasteiger partial charge in [0.25, 0.3) is 0 Å². The highest BCUT2D eigenvalue weighted by atomic mass is 32.2. The predicted octanol–water partition coefficient (Wildman–Crippen LogP) is 0.731. The minimum absolute atomic E-state index is 0.0685. The fourth-order valence-corrected chi connectivity index (χ4v) is 3.53. The van der Waals surface area contributed by atoms with Gasteiger partial charge in [0, 0.05) is 20.3 Å². The van der Waals surface area contributed by atoms with Gasteiger partial charge >= 0.3 is 0 Å². The summed E-state index contributed by atoms with van der Waals surface area (Å²) in [5, 5.41) is 8.92. The van der Waals surface area contributed by atoms with Crippen LogP contribution < -0.4 is 0 Å². The van der Waals surface area contributed by atoms with E-state index in [1.165, 1.54) is 4.31 Å². The molecule has 0 aromatic carbocycles. The lowest BCUT2D eigenvalue weighted by atomic mass is 10.1. The first kappa shape index (κ1) is 13.4. The molecule has 0 amide bonds. The third-order valence-corrected chi connectivity index (χ3v) is 4.67. The lowest BCUT2D eigenvalue weighted by Crippen LogP contribution is -2.44. The Balaban J connectivity index is 2.62. The predicted molar refractivity (Wildman–Crippen MR) is 60.2 cm³/mol. The van der Waals surface area contributed by atoms with Crippen LogP contribution in [0, 0.1) is 11.3 Å². The summed E-state index contributed by atoms with van der Waals surface area (Å²) in [4.78, 5) is 0. The van der Waals surface area contributed by atoms with Gasteiger partial charge in [-0.25, -0.2) is 8.42 Å². The molecule has 1 rings (SSSR count). The summed E-state index contributed by atoms with van der Waals surface area (Å²) in [6.45, 7) is 0.915. The number of methoxy groups -OCH3 is 1. The summed E-state index contributed by atoms with van der Waals surface area (Å²) < 4.78 is 30.1. The quantitative estimate of drug-likeness (QED) is 0.670. The molecule has 0 aliphatic carbocycles. The van der Waals surface area contributed by atoms with Crippen LogP contribution in [0.5, 0.6) is 0 Å². The maximum atomic E-state index is 11.9. The van der Waals surface area contributed by atoms with E-state index >= 15 is 0 Å². The number of nitrogens with zero attached hydrogens (tertiary/aromatic N) is 2. The Hall–Kier alpha value is -0.640. The maximum absolute atomic E-state index is 11.9. The number of ether oxygens (including phenoxy) is 1. The van der Waals surface area contributed by atoms with Crippen LogP contribution in [0.4, 0.5) is 0 Å². The van der Waals surface area contributed by atoms with E-state index < -0.39 is 16.1 Å². The molecule has 1 atom stereocenters. The zero-order chi connectivity index (χ0) is 12.0. The molecular formula is C10H18N2O3S. The normalized spacial score (nSPS) is 22.9. The highest BCUT2D eigenvalue weighted by Crippen LogP contribution is 2.20. The largest absolute Gasteiger partial charge is 0.385 e. The molecule has 1 aliphatic rings. The van der Waals surface area contributed by atoms with Crippen molar-refractivity contribution in [1.82, 2.24) is 4.31 Å². The lowest BCUT2D eigenvalue weighted by Gasteiger charge is -2.30. The number of hydrogen-bond donors (Lipinski definition) is 0. The Kier molecular flexibility index (Phi) is 5.19. The van der Waals surface area contributed by atoms with Crippen molar-refractivity contribution < 1.29 is 13.2 Å². The molecule has 1 heterocycles. The molecule has 0 aromatic rings. The van der Waals surface area contributed by atoms with Crippen LogP contribution in [0.2, 0.25) is 0 Å². The van der Waals surface area contributed by atoms with Gasteiger partial charge in [-0.3, -0.25) is 0 Å². The zero-order valence-corrected chi connectivity index (χ0v) is 10.4. The van der Waals surface area contributed by atoms with E-state index in [2.05, 4.69) is 6.07 Å². The van der Waals surface area contributed by atoms with Crippen LogP contribution in [0.15, 0.2) is 0 Å². The van der Waals surface area contributed by atoms with Crippen molar-refractivity contribution in [3.8, 4) is 6.07 Å². The van der Waals surface area contributed by atoms with Crippen LogP contribution in [0.25, 0.3) is 0 Å². The minimum atomic E-state index is -3.29. The molecule has 5 nitrogen and oxygen atoms in total. The van der Waals surface area contributed by atoms with Crippen LogP contribution in [0.1, 0.15) is 25.7 Å². The van der Waals surface area contributed by atoms with Crippen molar-refractivity contribution in [1.29, 1.82) is 5.26 Å². The van der Waals surface area contributed by atoms with E-state index in [0.717, 1.165) is 12.8 Å². The number of rotatable bonds is 5. The Morgan fingerprint density at radius 1 is 1.50 bits per heavy atom. The molecule has 0 bridgehead atoms. The molecule has 0 aromatic heterocycles. The van der Waals surface area contributed by atoms with E-state index in [0.29, 0.717) is 26.0 Å². The van der Waals surface area contributed by atoms with Gasteiger partial charge < -0.3 is 4.74 Å². The number of piperidine rings is 1. The Morgan fingerprint density at radius 2 is 2.25 bits per heavy atom. The molecule has 92 valence electrons. The molecule has 0 saturated carbocycles. The van der Waals surface area contributed by atoms with Crippen molar-refractivity contribution in [2.75, 3.05) is 26.0 Å². The molecule has 1 saturated heterocycles. The fraction of sp³-hybridized carbons (Fsp3) is 0.900. The molecule has 0 spiro atoms. The van der Waals surface area contributed by atoms with Gasteiger partial charge in [-0.05, 0) is 25.7 Å². The molecule has 0 N–H and O–H groups in total. The smallest absolute Gasteiger partial charge is 0.215 e. The van der Waals surface area contributed by atoms with Crippen LogP contribution in [-0.4, -0.2) is 44.8 Å². The summed E-state index contributed by atoms with van der Waals surface area (Å²) in [6, 6.07) is 1.60. The van der Waals surface area contributed by atoms with E-state index in [1.807, 2.05) is 0 Å². The third-order valence-electron chi connectivity index (χ3n) is 2.71. The Labute approximate surface area is 97.0 Å². The van der Waals surface area contributed by atoms with Gasteiger partial charge in [-0.2, -0.15) is 9.57 Å². The molecule has 1 unspecified atom stereocenters. The average molecular weight is 246 g/mol. The number of sulfonamides is 1. The van der Waals surface area contributed by atoms with Crippen molar-refractivity contribution in [3.63, 3.8) is 0 Å². The van der Waals surface area contributed by atoms with E-state index in [1.54, 1.807) is 7.11 Å². The maximum Gasteiger partial charge on any atom is 0.215 e. The van der Waals surface area contributed by atoms with E-state index in [4.69, 9.17) is 10.00 Å². The first-order valence-corrected chi connectivity index (χ1v) is 7.11. The van der Waals surface area contributed by atoms with E-state index in [-0.39, 0.29) is 5.75 Å². The standard InChI is InChI=1S/C10H18N2O3S/c1-15-7-4-8-16(13,14)12-6-3-2-5-10(12)9-11/h10H,2-8H2,1H3. The van der Waals surface area contributed by atoms with E-state index in [9.17, 15) is 8.42 Å². The minimum Gasteiger partial charge on any atom is -0.385 e. The number of hydrogen-bond acceptors (Lipinski definition) is 4. The molecule has 0 radical (unpaired) electrons. The SMILES string of the molecule is COCCCS(=O)(=O)N1CCCCC1C#N. The Morgan fingerprint density at radius 3 is 2.88 bits per heavy atom. The van der Waals surface area contributed by atoms with Crippen LogP contribution >= 0.6 is 0 Å². The van der Waals surface area contributed by atoms with Crippen LogP contribution in [-0.2, 0) is 14.8 Å². The lowest BCUT2D eigenvalue weighted by molar-refractivity contribution is 0.198. The van der Waals surface area contributed by atoms with Gasteiger partial charge in [-0.15, -0.1) is 0 Å². The second-order valence-corrected chi connectivity index (χ2v) is 5.95. The topological polar surface area (TPSA) is 70.4 Å². The van der Waals surface area contributed by atoms with Crippen molar-refractivity contribution in [2.24, 2.45) is 0 Å². The first-order chi connectivity index (χ1) is 7.61. The number of nitriles is 1. The second kappa shape index (κ2) is 6.18. The molecule has 6 heteroatoms. The summed E-state index contributed by atoms with van der Waals surface area (Å²) in [5.74, 6) is 0.0685. The van der Waals surface area contributed by atoms with Gasteiger partial charge in [0.1, 0.15) is 6.04 Å². The van der Waals surface area contributed by atoms with Crippen LogP contribution in [0.3, 0.4) is 0 Å². The van der Waals surface area contributed by atoms with Crippen molar-refractivity contribution in [2.45, 2.75) is 31.7 Å². The van der Waals surface area contributed by atoms with Gasteiger partial charge in [-0.1, -0.05) is 0 Å². The van der Waals surface area contributed by atoms with Gasteiger partial charge in [0.05, 0.1) is 11.8 Å². The molecule has 1 fully saturated rings. The monoisotopic (exact) mass is 246 g/mol. The molecule has 1 aliphatic heterocycles. The summed E-state index contributed by atoms with van der Waals surface area (Å²) in [7, 11) is -1.74. The fourth-order valence-electron chi connectivity index (χ4n) is 1.87.